The summed E-state index contributed by atoms with van der Waals surface area (Å²) < 4.78 is 0. The van der Waals surface area contributed by atoms with Crippen molar-refractivity contribution in [2.24, 2.45) is 5.16 Å². The van der Waals surface area contributed by atoms with Crippen LogP contribution in [0.2, 0.25) is 0 Å². The van der Waals surface area contributed by atoms with Gasteiger partial charge in [0.25, 0.3) is 5.91 Å². The van der Waals surface area contributed by atoms with Gasteiger partial charge in [-0.3, -0.25) is 9.78 Å². The number of nitrogens with zero attached hydrogens (tertiary/aromatic N) is 3. The summed E-state index contributed by atoms with van der Waals surface area (Å²) in [7, 11) is 0. The predicted molar refractivity (Wildman–Crippen MR) is 80.4 cm³/mol. The van der Waals surface area contributed by atoms with Crippen molar-refractivity contribution in [3.8, 4) is 0 Å². The van der Waals surface area contributed by atoms with Gasteiger partial charge in [0.2, 0.25) is 6.10 Å². The lowest BCUT2D eigenvalue weighted by atomic mass is 10.1. The van der Waals surface area contributed by atoms with Gasteiger partial charge < -0.3 is 10.2 Å². The number of pyridine rings is 1. The van der Waals surface area contributed by atoms with Crippen molar-refractivity contribution in [1.82, 2.24) is 9.97 Å². The maximum absolute atomic E-state index is 12.2. The van der Waals surface area contributed by atoms with Crippen LogP contribution in [0.1, 0.15) is 24.6 Å². The van der Waals surface area contributed by atoms with Crippen LogP contribution in [0.4, 0.5) is 5.00 Å². The number of carbonyl (C=O) groups excluding carboxylic acids is 1. The van der Waals surface area contributed by atoms with Crippen LogP contribution in [0.15, 0.2) is 35.2 Å². The quantitative estimate of drug-likeness (QED) is 0.939. The molecule has 0 radical (unpaired) electrons. The maximum Gasteiger partial charge on any atom is 0.269 e. The fourth-order valence-corrected chi connectivity index (χ4v) is 2.82. The standard InChI is InChI=1S/C14H14N4O2S/c1-2-10-14(21-8-16-10)17-13(19)12-6-11(18-20-12)9-4-3-5-15-7-9/h3-5,7-8,12H,2,6H2,1H3,(H,17,19). The Balaban J connectivity index is 1.64. The van der Waals surface area contributed by atoms with E-state index in [-0.39, 0.29) is 5.91 Å². The molecule has 3 heterocycles. The number of aromatic nitrogens is 2. The molecule has 1 aliphatic rings. The number of anilines is 1. The third-order valence-electron chi connectivity index (χ3n) is 3.17. The van der Waals surface area contributed by atoms with Crippen LogP contribution in [-0.2, 0) is 16.1 Å². The summed E-state index contributed by atoms with van der Waals surface area (Å²) >= 11 is 1.41. The summed E-state index contributed by atoms with van der Waals surface area (Å²) in [5.74, 6) is -0.198. The first-order chi connectivity index (χ1) is 10.3. The highest BCUT2D eigenvalue weighted by Crippen LogP contribution is 2.23. The number of aryl methyl sites for hydroxylation is 1. The molecule has 1 amide bonds. The van der Waals surface area contributed by atoms with Gasteiger partial charge in [-0.05, 0) is 18.6 Å². The van der Waals surface area contributed by atoms with E-state index in [0.717, 1.165) is 28.4 Å². The van der Waals surface area contributed by atoms with Crippen LogP contribution >= 0.6 is 11.3 Å². The van der Waals surface area contributed by atoms with Crippen molar-refractivity contribution in [3.05, 3.63) is 41.3 Å². The molecule has 0 saturated heterocycles. The van der Waals surface area contributed by atoms with Gasteiger partial charge in [0.05, 0.1) is 16.9 Å². The molecule has 3 rings (SSSR count). The van der Waals surface area contributed by atoms with Crippen LogP contribution in [0.5, 0.6) is 0 Å². The molecule has 1 aliphatic heterocycles. The first-order valence-electron chi connectivity index (χ1n) is 6.64. The van der Waals surface area contributed by atoms with E-state index in [1.807, 2.05) is 19.1 Å². The summed E-state index contributed by atoms with van der Waals surface area (Å²) in [4.78, 5) is 25.7. The zero-order valence-electron chi connectivity index (χ0n) is 11.4. The van der Waals surface area contributed by atoms with Gasteiger partial charge in [-0.15, -0.1) is 11.3 Å². The van der Waals surface area contributed by atoms with E-state index in [0.29, 0.717) is 6.42 Å². The molecule has 2 aromatic rings. The number of oxime groups is 1. The molecule has 21 heavy (non-hydrogen) atoms. The smallest absolute Gasteiger partial charge is 0.269 e. The minimum atomic E-state index is -0.605. The summed E-state index contributed by atoms with van der Waals surface area (Å²) in [5.41, 5.74) is 4.23. The molecule has 1 unspecified atom stereocenters. The third-order valence-corrected chi connectivity index (χ3v) is 3.95. The molecule has 6 nitrogen and oxygen atoms in total. The van der Waals surface area contributed by atoms with Crippen LogP contribution < -0.4 is 5.32 Å². The summed E-state index contributed by atoms with van der Waals surface area (Å²) in [5, 5.41) is 7.62. The molecule has 2 aromatic heterocycles. The van der Waals surface area contributed by atoms with Crippen molar-refractivity contribution in [3.63, 3.8) is 0 Å². The van der Waals surface area contributed by atoms with Crippen LogP contribution in [-0.4, -0.2) is 27.7 Å². The molecule has 0 aliphatic carbocycles. The number of hydrogen-bond acceptors (Lipinski definition) is 6. The van der Waals surface area contributed by atoms with E-state index < -0.39 is 6.10 Å². The summed E-state index contributed by atoms with van der Waals surface area (Å²) in [6.07, 6.45) is 4.02. The van der Waals surface area contributed by atoms with Gasteiger partial charge in [-0.25, -0.2) is 4.98 Å². The molecule has 7 heteroatoms. The lowest BCUT2D eigenvalue weighted by Gasteiger charge is -2.08. The highest BCUT2D eigenvalue weighted by molar-refractivity contribution is 7.14. The summed E-state index contributed by atoms with van der Waals surface area (Å²) in [6.45, 7) is 2.00. The molecule has 0 fully saturated rings. The normalized spacial score (nSPS) is 17.2. The number of rotatable bonds is 4. The second kappa shape index (κ2) is 6.01. The Kier molecular flexibility index (Phi) is 3.92. The fraction of sp³-hybridized carbons (Fsp3) is 0.286. The van der Waals surface area contributed by atoms with Gasteiger partial charge in [-0.2, -0.15) is 0 Å². The van der Waals surface area contributed by atoms with Gasteiger partial charge in [-0.1, -0.05) is 12.1 Å². The van der Waals surface area contributed by atoms with Gasteiger partial charge in [0.1, 0.15) is 5.00 Å². The lowest BCUT2D eigenvalue weighted by Crippen LogP contribution is -2.28. The van der Waals surface area contributed by atoms with Crippen molar-refractivity contribution < 1.29 is 9.63 Å². The molecular formula is C14H14N4O2S. The van der Waals surface area contributed by atoms with E-state index in [2.05, 4.69) is 20.4 Å². The lowest BCUT2D eigenvalue weighted by molar-refractivity contribution is -0.125. The van der Waals surface area contributed by atoms with Crippen molar-refractivity contribution >= 4 is 28.0 Å². The molecular weight excluding hydrogens is 288 g/mol. The largest absolute Gasteiger partial charge is 0.382 e. The predicted octanol–water partition coefficient (Wildman–Crippen LogP) is 2.23. The Bertz CT molecular complexity index is 669. The molecule has 0 aromatic carbocycles. The zero-order chi connectivity index (χ0) is 14.7. The molecule has 0 bridgehead atoms. The first-order valence-corrected chi connectivity index (χ1v) is 7.52. The van der Waals surface area contributed by atoms with E-state index in [4.69, 9.17) is 4.84 Å². The second-order valence-corrected chi connectivity index (χ2v) is 5.40. The van der Waals surface area contributed by atoms with E-state index in [1.165, 1.54) is 11.3 Å². The molecule has 0 saturated carbocycles. The highest BCUT2D eigenvalue weighted by atomic mass is 32.1. The van der Waals surface area contributed by atoms with Gasteiger partial charge in [0, 0.05) is 24.4 Å². The fourth-order valence-electron chi connectivity index (χ4n) is 2.04. The highest BCUT2D eigenvalue weighted by Gasteiger charge is 2.29. The molecule has 1 N–H and O–H groups in total. The number of amides is 1. The maximum atomic E-state index is 12.2. The minimum Gasteiger partial charge on any atom is -0.382 e. The Morgan fingerprint density at radius 3 is 3.24 bits per heavy atom. The van der Waals surface area contributed by atoms with E-state index in [1.54, 1.807) is 17.9 Å². The number of carbonyl (C=O) groups is 1. The topological polar surface area (TPSA) is 76.5 Å². The third kappa shape index (κ3) is 2.92. The number of nitrogens with one attached hydrogen (secondary N) is 1. The van der Waals surface area contributed by atoms with Crippen molar-refractivity contribution in [2.75, 3.05) is 5.32 Å². The Morgan fingerprint density at radius 2 is 2.48 bits per heavy atom. The Labute approximate surface area is 125 Å². The average Bonchev–Trinajstić information content (AvgIpc) is 3.17. The monoisotopic (exact) mass is 302 g/mol. The second-order valence-electron chi connectivity index (χ2n) is 4.55. The zero-order valence-corrected chi connectivity index (χ0v) is 12.3. The number of hydrogen-bond donors (Lipinski definition) is 1. The van der Waals surface area contributed by atoms with Crippen LogP contribution in [0, 0.1) is 0 Å². The molecule has 108 valence electrons. The number of thiazole rings is 1. The van der Waals surface area contributed by atoms with Crippen LogP contribution in [0.25, 0.3) is 0 Å². The first kappa shape index (κ1) is 13.7. The van der Waals surface area contributed by atoms with Crippen LogP contribution in [0.3, 0.4) is 0 Å². The van der Waals surface area contributed by atoms with E-state index >= 15 is 0 Å². The minimum absolute atomic E-state index is 0.198. The molecule has 0 spiro atoms. The van der Waals surface area contributed by atoms with Crippen molar-refractivity contribution in [2.45, 2.75) is 25.9 Å². The summed E-state index contributed by atoms with van der Waals surface area (Å²) in [6, 6.07) is 3.73. The van der Waals surface area contributed by atoms with Gasteiger partial charge >= 0.3 is 0 Å². The average molecular weight is 302 g/mol. The van der Waals surface area contributed by atoms with E-state index in [9.17, 15) is 4.79 Å². The molecule has 1 atom stereocenters. The van der Waals surface area contributed by atoms with Gasteiger partial charge in [0.15, 0.2) is 0 Å². The Hall–Kier alpha value is -2.28. The SMILES string of the molecule is CCc1ncsc1NC(=O)C1CC(c2cccnc2)=NO1. The Morgan fingerprint density at radius 1 is 1.57 bits per heavy atom. The van der Waals surface area contributed by atoms with Crippen molar-refractivity contribution in [1.29, 1.82) is 0 Å².